The summed E-state index contributed by atoms with van der Waals surface area (Å²) in [4.78, 5) is 12.0. The first-order valence-corrected chi connectivity index (χ1v) is 16.1. The highest BCUT2D eigenvalue weighted by molar-refractivity contribution is 7.67. The lowest BCUT2D eigenvalue weighted by molar-refractivity contribution is 1.27. The second-order valence-corrected chi connectivity index (χ2v) is 12.9. The van der Waals surface area contributed by atoms with Crippen LogP contribution >= 0.6 is 7.53 Å². The first-order chi connectivity index (χ1) is 21.8. The van der Waals surface area contributed by atoms with Crippen LogP contribution in [0.2, 0.25) is 0 Å². The van der Waals surface area contributed by atoms with E-state index in [1.54, 1.807) is 0 Å². The van der Waals surface area contributed by atoms with E-state index in [2.05, 4.69) is 156 Å². The molecule has 1 atom stereocenters. The van der Waals surface area contributed by atoms with Gasteiger partial charge in [0.2, 0.25) is 0 Å². The first-order valence-electron chi connectivity index (χ1n) is 14.8. The van der Waals surface area contributed by atoms with Crippen LogP contribution in [0.4, 0.5) is 17.1 Å². The molecule has 0 saturated heterocycles. The lowest BCUT2D eigenvalue weighted by Gasteiger charge is -2.26. The summed E-state index contributed by atoms with van der Waals surface area (Å²) in [6.07, 6.45) is 3.95. The largest absolute Gasteiger partial charge is 0.310 e. The normalized spacial score (nSPS) is 11.6. The van der Waals surface area contributed by atoms with Gasteiger partial charge in [-0.15, -0.1) is 0 Å². The highest BCUT2D eigenvalue weighted by Crippen LogP contribution is 2.55. The van der Waals surface area contributed by atoms with Gasteiger partial charge in [-0.3, -0.25) is 9.97 Å². The molecule has 1 unspecified atom stereocenters. The van der Waals surface area contributed by atoms with Crippen LogP contribution in [0, 0.1) is 0 Å². The van der Waals surface area contributed by atoms with E-state index in [4.69, 9.17) is 4.98 Å². The molecule has 3 nitrogen and oxygen atoms in total. The molecular weight excluding hydrogens is 553 g/mol. The average Bonchev–Trinajstić information content (AvgIpc) is 3.44. The van der Waals surface area contributed by atoms with Gasteiger partial charge in [0.05, 0.1) is 11.4 Å². The minimum Gasteiger partial charge on any atom is -0.310 e. The monoisotopic (exact) mass is 581 g/mol. The molecule has 0 fully saturated rings. The number of rotatable bonds is 6. The number of pyridine rings is 2. The van der Waals surface area contributed by atoms with Gasteiger partial charge in [-0.25, -0.2) is 0 Å². The SMILES string of the molecule is c1ccc(N(c2cccc(-c3ccccn3)c2)c2cccc(-c3cc4c5ccccc5p(-c5ccccc5)c4cn3)c2)cc1. The van der Waals surface area contributed by atoms with Gasteiger partial charge < -0.3 is 4.90 Å². The van der Waals surface area contributed by atoms with E-state index in [1.807, 2.05) is 24.4 Å². The molecule has 208 valence electrons. The summed E-state index contributed by atoms with van der Waals surface area (Å²) in [5.74, 6) is 0. The lowest BCUT2D eigenvalue weighted by Crippen LogP contribution is -2.10. The van der Waals surface area contributed by atoms with Gasteiger partial charge in [-0.05, 0) is 70.7 Å². The zero-order chi connectivity index (χ0) is 29.3. The van der Waals surface area contributed by atoms with Crippen LogP contribution in [0.5, 0.6) is 0 Å². The van der Waals surface area contributed by atoms with Crippen LogP contribution < -0.4 is 4.90 Å². The number of nitrogens with zero attached hydrogens (tertiary/aromatic N) is 3. The van der Waals surface area contributed by atoms with Gasteiger partial charge in [0.1, 0.15) is 0 Å². The van der Waals surface area contributed by atoms with E-state index in [-0.39, 0.29) is 0 Å². The van der Waals surface area contributed by atoms with Crippen molar-refractivity contribution in [3.05, 3.63) is 170 Å². The third-order valence-electron chi connectivity index (χ3n) is 8.05. The predicted molar refractivity (Wildman–Crippen MR) is 187 cm³/mol. The number of fused-ring (bicyclic) bond motifs is 3. The average molecular weight is 582 g/mol. The second-order valence-electron chi connectivity index (χ2n) is 10.8. The molecule has 3 heterocycles. The fourth-order valence-corrected chi connectivity index (χ4v) is 8.60. The maximum atomic E-state index is 5.07. The molecule has 5 aromatic carbocycles. The van der Waals surface area contributed by atoms with Gasteiger partial charge in [-0.1, -0.05) is 111 Å². The molecule has 0 spiro atoms. The molecule has 0 saturated carbocycles. The quantitative estimate of drug-likeness (QED) is 0.196. The minimum absolute atomic E-state index is 0.629. The summed E-state index contributed by atoms with van der Waals surface area (Å²) < 4.78 is 0. The zero-order valence-electron chi connectivity index (χ0n) is 24.0. The van der Waals surface area contributed by atoms with Crippen LogP contribution in [0.3, 0.4) is 0 Å². The standard InChI is InChI=1S/C40H28N3P/c1-3-15-31(16-4-1)43(32-17-11-13-29(25-32)37-22-9-10-24-41-37)33-18-12-14-30(26-33)38-27-36-35-21-7-8-23-39(35)44(40(36)28-42-38)34-19-5-2-6-20-34/h1-28H. The number of anilines is 3. The maximum absolute atomic E-state index is 5.07. The zero-order valence-corrected chi connectivity index (χ0v) is 24.8. The Morgan fingerprint density at radius 3 is 1.80 bits per heavy atom. The van der Waals surface area contributed by atoms with Gasteiger partial charge in [-0.2, -0.15) is 0 Å². The highest BCUT2D eigenvalue weighted by atomic mass is 31.1. The highest BCUT2D eigenvalue weighted by Gasteiger charge is 2.17. The molecular formula is C40H28N3P. The van der Waals surface area contributed by atoms with Crippen LogP contribution in [-0.4, -0.2) is 9.97 Å². The van der Waals surface area contributed by atoms with Gasteiger partial charge >= 0.3 is 0 Å². The van der Waals surface area contributed by atoms with Crippen LogP contribution in [0.25, 0.3) is 48.8 Å². The third kappa shape index (κ3) is 4.74. The van der Waals surface area contributed by atoms with Crippen molar-refractivity contribution < 1.29 is 0 Å². The summed E-state index contributed by atoms with van der Waals surface area (Å²) in [6.45, 7) is 0. The predicted octanol–water partition coefficient (Wildman–Crippen LogP) is 11.6. The molecule has 8 rings (SSSR count). The summed E-state index contributed by atoms with van der Waals surface area (Å²) in [7, 11) is -0.629. The van der Waals surface area contributed by atoms with Gasteiger partial charge in [0, 0.05) is 50.8 Å². The molecule has 0 aliphatic carbocycles. The van der Waals surface area contributed by atoms with Crippen LogP contribution in [0.15, 0.2) is 170 Å². The van der Waals surface area contributed by atoms with Crippen molar-refractivity contribution in [1.82, 2.24) is 9.97 Å². The molecule has 4 heteroatoms. The smallest absolute Gasteiger partial charge is 0.0709 e. The second kappa shape index (κ2) is 11.3. The van der Waals surface area contributed by atoms with Crippen molar-refractivity contribution in [2.45, 2.75) is 0 Å². The van der Waals surface area contributed by atoms with E-state index in [9.17, 15) is 0 Å². The summed E-state index contributed by atoms with van der Waals surface area (Å²) in [5, 5.41) is 6.68. The minimum atomic E-state index is -0.629. The lowest BCUT2D eigenvalue weighted by atomic mass is 10.1. The van der Waals surface area contributed by atoms with Gasteiger partial charge in [0.25, 0.3) is 0 Å². The van der Waals surface area contributed by atoms with E-state index in [1.165, 1.54) is 26.3 Å². The van der Waals surface area contributed by atoms with Crippen LogP contribution in [-0.2, 0) is 0 Å². The summed E-state index contributed by atoms with van der Waals surface area (Å²) in [6, 6.07) is 55.8. The maximum Gasteiger partial charge on any atom is 0.0709 e. The molecule has 0 amide bonds. The van der Waals surface area contributed by atoms with Crippen molar-refractivity contribution >= 4 is 45.6 Å². The Kier molecular flexibility index (Phi) is 6.71. The number of hydrogen-bond donors (Lipinski definition) is 0. The van der Waals surface area contributed by atoms with Gasteiger partial charge in [0.15, 0.2) is 0 Å². The Labute approximate surface area is 257 Å². The first kappa shape index (κ1) is 26.2. The van der Waals surface area contributed by atoms with Crippen molar-refractivity contribution in [1.29, 1.82) is 0 Å². The van der Waals surface area contributed by atoms with Crippen molar-refractivity contribution in [2.75, 3.05) is 4.90 Å². The Morgan fingerprint density at radius 2 is 1.07 bits per heavy atom. The molecule has 8 aromatic rings. The molecule has 0 aliphatic heterocycles. The fraction of sp³-hybridized carbons (Fsp3) is 0. The Hall–Kier alpha value is -5.50. The summed E-state index contributed by atoms with van der Waals surface area (Å²) >= 11 is 0. The fourth-order valence-electron chi connectivity index (χ4n) is 6.05. The van der Waals surface area contributed by atoms with Crippen LogP contribution in [0.1, 0.15) is 0 Å². The Balaban J connectivity index is 1.26. The molecule has 0 N–H and O–H groups in total. The Bertz CT molecular complexity index is 2230. The van der Waals surface area contributed by atoms with Crippen molar-refractivity contribution in [2.24, 2.45) is 0 Å². The molecule has 0 radical (unpaired) electrons. The van der Waals surface area contributed by atoms with Crippen molar-refractivity contribution in [3.8, 4) is 27.8 Å². The number of benzene rings is 5. The van der Waals surface area contributed by atoms with E-state index >= 15 is 0 Å². The summed E-state index contributed by atoms with van der Waals surface area (Å²) in [5.41, 5.74) is 7.32. The van der Waals surface area contributed by atoms with Crippen molar-refractivity contribution in [3.63, 3.8) is 0 Å². The van der Waals surface area contributed by atoms with E-state index < -0.39 is 7.53 Å². The number of hydrogen-bond acceptors (Lipinski definition) is 3. The molecule has 44 heavy (non-hydrogen) atoms. The number of para-hydroxylation sites is 1. The third-order valence-corrected chi connectivity index (χ3v) is 10.6. The molecule has 3 aromatic heterocycles. The van der Waals surface area contributed by atoms with E-state index in [0.29, 0.717) is 0 Å². The topological polar surface area (TPSA) is 29.0 Å². The molecule has 0 aliphatic rings. The Morgan fingerprint density at radius 1 is 0.432 bits per heavy atom. The number of aromatic nitrogens is 2. The molecule has 0 bridgehead atoms. The van der Waals surface area contributed by atoms with E-state index in [0.717, 1.165) is 39.6 Å².